The van der Waals surface area contributed by atoms with Crippen LogP contribution in [0.15, 0.2) is 18.2 Å². The Hall–Kier alpha value is -2.02. The maximum atomic E-state index is 11.4. The summed E-state index contributed by atoms with van der Waals surface area (Å²) < 4.78 is 0. The zero-order chi connectivity index (χ0) is 14.0. The number of hydrogen-bond acceptors (Lipinski definition) is 3. The smallest absolute Gasteiger partial charge is 0.311 e. The first-order valence-electron chi connectivity index (χ1n) is 6.45. The van der Waals surface area contributed by atoms with Crippen LogP contribution < -0.4 is 4.90 Å². The molecule has 1 aliphatic rings. The van der Waals surface area contributed by atoms with E-state index in [4.69, 9.17) is 5.26 Å². The van der Waals surface area contributed by atoms with Crippen molar-refractivity contribution in [2.24, 2.45) is 5.41 Å². The van der Waals surface area contributed by atoms with Gasteiger partial charge in [-0.05, 0) is 50.5 Å². The molecule has 1 aromatic rings. The fourth-order valence-electron chi connectivity index (χ4n) is 2.60. The number of rotatable bonds is 2. The minimum absolute atomic E-state index is 0.522. The molecule has 0 amide bonds. The molecule has 19 heavy (non-hydrogen) atoms. The van der Waals surface area contributed by atoms with Gasteiger partial charge < -0.3 is 10.0 Å². The Labute approximate surface area is 113 Å². The van der Waals surface area contributed by atoms with E-state index >= 15 is 0 Å². The van der Waals surface area contributed by atoms with E-state index in [9.17, 15) is 9.90 Å². The molecule has 4 nitrogen and oxygen atoms in total. The number of anilines is 1. The lowest BCUT2D eigenvalue weighted by Crippen LogP contribution is -2.46. The molecule has 1 unspecified atom stereocenters. The van der Waals surface area contributed by atoms with Crippen LogP contribution in [0.3, 0.4) is 0 Å². The molecule has 1 aliphatic heterocycles. The van der Waals surface area contributed by atoms with Gasteiger partial charge in [-0.25, -0.2) is 0 Å². The number of nitrogens with zero attached hydrogens (tertiary/aromatic N) is 2. The van der Waals surface area contributed by atoms with Crippen molar-refractivity contribution in [3.63, 3.8) is 0 Å². The van der Waals surface area contributed by atoms with Crippen LogP contribution >= 0.6 is 0 Å². The van der Waals surface area contributed by atoms with Gasteiger partial charge in [0.05, 0.1) is 17.0 Å². The predicted molar refractivity (Wildman–Crippen MR) is 73.1 cm³/mol. The molecule has 0 spiro atoms. The number of aliphatic carboxylic acids is 1. The van der Waals surface area contributed by atoms with Gasteiger partial charge >= 0.3 is 5.97 Å². The topological polar surface area (TPSA) is 64.3 Å². The van der Waals surface area contributed by atoms with Gasteiger partial charge in [-0.1, -0.05) is 0 Å². The Balaban J connectivity index is 2.25. The van der Waals surface area contributed by atoms with Gasteiger partial charge in [0.15, 0.2) is 0 Å². The standard InChI is InChI=1S/C15H18N2O2/c1-11-8-13(5-4-12(11)9-16)17-7-3-6-15(2,10-17)14(18)19/h4-5,8H,3,6-7,10H2,1-2H3,(H,18,19). The van der Waals surface area contributed by atoms with Crippen molar-refractivity contribution in [1.82, 2.24) is 0 Å². The first kappa shape index (κ1) is 13.4. The SMILES string of the molecule is Cc1cc(N2CCCC(C)(C(=O)O)C2)ccc1C#N. The van der Waals surface area contributed by atoms with Crippen LogP contribution in [0, 0.1) is 23.7 Å². The molecule has 1 atom stereocenters. The molecule has 0 saturated carbocycles. The molecular weight excluding hydrogens is 240 g/mol. The molecule has 0 aromatic heterocycles. The molecule has 2 rings (SSSR count). The first-order chi connectivity index (χ1) is 8.96. The van der Waals surface area contributed by atoms with Crippen molar-refractivity contribution < 1.29 is 9.90 Å². The number of aryl methyl sites for hydroxylation is 1. The third-order valence-electron chi connectivity index (χ3n) is 3.91. The van der Waals surface area contributed by atoms with Crippen molar-refractivity contribution in [2.75, 3.05) is 18.0 Å². The Morgan fingerprint density at radius 2 is 2.26 bits per heavy atom. The number of nitriles is 1. The number of carboxylic acid groups (broad SMARTS) is 1. The normalized spacial score (nSPS) is 22.9. The summed E-state index contributed by atoms with van der Waals surface area (Å²) in [5.74, 6) is -0.734. The molecule has 1 fully saturated rings. The summed E-state index contributed by atoms with van der Waals surface area (Å²) >= 11 is 0. The van der Waals surface area contributed by atoms with Crippen LogP contribution in [0.1, 0.15) is 30.9 Å². The lowest BCUT2D eigenvalue weighted by Gasteiger charge is -2.39. The summed E-state index contributed by atoms with van der Waals surface area (Å²) in [6.07, 6.45) is 1.59. The Kier molecular flexibility index (Phi) is 3.48. The molecular formula is C15H18N2O2. The first-order valence-corrected chi connectivity index (χ1v) is 6.45. The molecule has 1 heterocycles. The average molecular weight is 258 g/mol. The summed E-state index contributed by atoms with van der Waals surface area (Å²) in [5.41, 5.74) is 1.92. The van der Waals surface area contributed by atoms with E-state index in [0.717, 1.165) is 24.2 Å². The van der Waals surface area contributed by atoms with Crippen molar-refractivity contribution in [2.45, 2.75) is 26.7 Å². The van der Waals surface area contributed by atoms with Crippen molar-refractivity contribution >= 4 is 11.7 Å². The zero-order valence-corrected chi connectivity index (χ0v) is 11.3. The molecule has 1 N–H and O–H groups in total. The van der Waals surface area contributed by atoms with Crippen LogP contribution in [-0.2, 0) is 4.79 Å². The van der Waals surface area contributed by atoms with Crippen LogP contribution in [-0.4, -0.2) is 24.2 Å². The second-order valence-corrected chi connectivity index (χ2v) is 5.50. The minimum atomic E-state index is -0.734. The van der Waals surface area contributed by atoms with Gasteiger partial charge in [0.25, 0.3) is 0 Å². The highest BCUT2D eigenvalue weighted by molar-refractivity contribution is 5.75. The Morgan fingerprint density at radius 3 is 2.84 bits per heavy atom. The maximum absolute atomic E-state index is 11.4. The molecule has 0 bridgehead atoms. The predicted octanol–water partition coefficient (Wildman–Crippen LogP) is 2.56. The number of hydrogen-bond donors (Lipinski definition) is 1. The highest BCUT2D eigenvalue weighted by Crippen LogP contribution is 2.33. The zero-order valence-electron chi connectivity index (χ0n) is 11.3. The summed E-state index contributed by atoms with van der Waals surface area (Å²) in [5, 5.41) is 18.3. The van der Waals surface area contributed by atoms with Crippen LogP contribution in [0.25, 0.3) is 0 Å². The summed E-state index contributed by atoms with van der Waals surface area (Å²) in [6, 6.07) is 7.82. The van der Waals surface area contributed by atoms with E-state index in [-0.39, 0.29) is 0 Å². The van der Waals surface area contributed by atoms with Gasteiger partial charge in [-0.3, -0.25) is 4.79 Å². The monoisotopic (exact) mass is 258 g/mol. The third kappa shape index (κ3) is 2.55. The number of carbonyl (C=O) groups is 1. The summed E-state index contributed by atoms with van der Waals surface area (Å²) in [6.45, 7) is 5.10. The molecule has 0 aliphatic carbocycles. The molecule has 1 saturated heterocycles. The van der Waals surface area contributed by atoms with Gasteiger partial charge in [-0.2, -0.15) is 5.26 Å². The van der Waals surface area contributed by atoms with Crippen molar-refractivity contribution in [3.05, 3.63) is 29.3 Å². The number of benzene rings is 1. The van der Waals surface area contributed by atoms with Gasteiger partial charge in [0.1, 0.15) is 0 Å². The van der Waals surface area contributed by atoms with Crippen LogP contribution in [0.4, 0.5) is 5.69 Å². The molecule has 0 radical (unpaired) electrons. The Morgan fingerprint density at radius 1 is 1.53 bits per heavy atom. The lowest BCUT2D eigenvalue weighted by molar-refractivity contribution is -0.148. The van der Waals surface area contributed by atoms with Crippen LogP contribution in [0.2, 0.25) is 0 Å². The van der Waals surface area contributed by atoms with E-state index in [2.05, 4.69) is 11.0 Å². The van der Waals surface area contributed by atoms with Crippen molar-refractivity contribution in [3.8, 4) is 6.07 Å². The quantitative estimate of drug-likeness (QED) is 0.885. The van der Waals surface area contributed by atoms with E-state index in [1.54, 1.807) is 13.0 Å². The van der Waals surface area contributed by atoms with E-state index < -0.39 is 11.4 Å². The molecule has 1 aromatic carbocycles. The minimum Gasteiger partial charge on any atom is -0.481 e. The largest absolute Gasteiger partial charge is 0.481 e. The second-order valence-electron chi connectivity index (χ2n) is 5.50. The van der Waals surface area contributed by atoms with Crippen molar-refractivity contribution in [1.29, 1.82) is 5.26 Å². The Bertz CT molecular complexity index is 548. The number of piperidine rings is 1. The fraction of sp³-hybridized carbons (Fsp3) is 0.467. The second kappa shape index (κ2) is 4.93. The van der Waals surface area contributed by atoms with Gasteiger partial charge in [0, 0.05) is 18.8 Å². The number of carboxylic acids is 1. The average Bonchev–Trinajstić information content (AvgIpc) is 2.38. The van der Waals surface area contributed by atoms with E-state index in [1.807, 2.05) is 19.1 Å². The highest BCUT2D eigenvalue weighted by Gasteiger charge is 2.37. The molecule has 100 valence electrons. The molecule has 4 heteroatoms. The highest BCUT2D eigenvalue weighted by atomic mass is 16.4. The van der Waals surface area contributed by atoms with E-state index in [0.29, 0.717) is 18.5 Å². The summed E-state index contributed by atoms with van der Waals surface area (Å²) in [7, 11) is 0. The fourth-order valence-corrected chi connectivity index (χ4v) is 2.60. The van der Waals surface area contributed by atoms with E-state index in [1.165, 1.54) is 0 Å². The van der Waals surface area contributed by atoms with Gasteiger partial charge in [0.2, 0.25) is 0 Å². The maximum Gasteiger partial charge on any atom is 0.311 e. The third-order valence-corrected chi connectivity index (χ3v) is 3.91. The van der Waals surface area contributed by atoms with Gasteiger partial charge in [-0.15, -0.1) is 0 Å². The lowest BCUT2D eigenvalue weighted by atomic mass is 9.82. The van der Waals surface area contributed by atoms with Crippen LogP contribution in [0.5, 0.6) is 0 Å². The summed E-state index contributed by atoms with van der Waals surface area (Å²) in [4.78, 5) is 13.5.